The molecule has 0 bridgehead atoms. The second-order valence-electron chi connectivity index (χ2n) is 5.56. The van der Waals surface area contributed by atoms with Crippen LogP contribution in [-0.2, 0) is 6.54 Å². The Hall–Kier alpha value is -1.02. The van der Waals surface area contributed by atoms with Crippen LogP contribution in [-0.4, -0.2) is 23.1 Å². The topological polar surface area (TPSA) is 23.5 Å². The highest BCUT2D eigenvalue weighted by Crippen LogP contribution is 2.23. The van der Waals surface area contributed by atoms with E-state index in [1.54, 1.807) is 0 Å². The number of aryl methyl sites for hydroxylation is 2. The summed E-state index contributed by atoms with van der Waals surface area (Å²) in [5.74, 6) is 0.442. The average molecular weight is 263 g/mol. The first-order chi connectivity index (χ1) is 9.08. The zero-order valence-electron chi connectivity index (χ0n) is 13.0. The van der Waals surface area contributed by atoms with Gasteiger partial charge in [-0.3, -0.25) is 4.90 Å². The number of hydrogen-bond donors (Lipinski definition) is 1. The third-order valence-electron chi connectivity index (χ3n) is 3.61. The minimum Gasteiger partial charge on any atom is -0.507 e. The molecule has 1 aromatic carbocycles. The molecule has 2 heteroatoms. The first-order valence-electron chi connectivity index (χ1n) is 7.59. The Morgan fingerprint density at radius 2 is 1.42 bits per heavy atom. The lowest BCUT2D eigenvalue weighted by Crippen LogP contribution is -2.25. The average Bonchev–Trinajstić information content (AvgIpc) is 2.39. The highest BCUT2D eigenvalue weighted by molar-refractivity contribution is 5.42. The van der Waals surface area contributed by atoms with E-state index in [9.17, 15) is 5.11 Å². The molecule has 0 aliphatic rings. The summed E-state index contributed by atoms with van der Waals surface area (Å²) >= 11 is 0. The lowest BCUT2D eigenvalue weighted by molar-refractivity contribution is 0.257. The van der Waals surface area contributed by atoms with Crippen molar-refractivity contribution in [1.82, 2.24) is 4.90 Å². The van der Waals surface area contributed by atoms with E-state index in [2.05, 4.69) is 30.9 Å². The molecule has 0 radical (unpaired) electrons. The predicted molar refractivity (Wildman–Crippen MR) is 82.7 cm³/mol. The SMILES string of the molecule is CCCCN(CCCC)Cc1cc(C)c(O)c(C)c1. The maximum absolute atomic E-state index is 9.83. The van der Waals surface area contributed by atoms with Crippen molar-refractivity contribution < 1.29 is 5.11 Å². The minimum atomic E-state index is 0.442. The van der Waals surface area contributed by atoms with Crippen LogP contribution in [0.25, 0.3) is 0 Å². The third-order valence-corrected chi connectivity index (χ3v) is 3.61. The molecular formula is C17H29NO. The van der Waals surface area contributed by atoms with Crippen LogP contribution in [0, 0.1) is 13.8 Å². The largest absolute Gasteiger partial charge is 0.507 e. The van der Waals surface area contributed by atoms with Gasteiger partial charge in [0.15, 0.2) is 0 Å². The van der Waals surface area contributed by atoms with Crippen molar-refractivity contribution in [2.24, 2.45) is 0 Å². The summed E-state index contributed by atoms with van der Waals surface area (Å²) < 4.78 is 0. The Labute approximate surface area is 118 Å². The number of unbranched alkanes of at least 4 members (excludes halogenated alkanes) is 2. The Morgan fingerprint density at radius 1 is 0.947 bits per heavy atom. The van der Waals surface area contributed by atoms with Gasteiger partial charge in [0, 0.05) is 6.54 Å². The fraction of sp³-hybridized carbons (Fsp3) is 0.647. The number of rotatable bonds is 8. The first kappa shape index (κ1) is 16.0. The Morgan fingerprint density at radius 3 is 1.84 bits per heavy atom. The van der Waals surface area contributed by atoms with Gasteiger partial charge in [0.2, 0.25) is 0 Å². The van der Waals surface area contributed by atoms with Crippen LogP contribution in [0.15, 0.2) is 12.1 Å². The molecule has 0 fully saturated rings. The summed E-state index contributed by atoms with van der Waals surface area (Å²) in [5.41, 5.74) is 3.29. The predicted octanol–water partition coefficient (Wildman–Crippen LogP) is 4.41. The highest BCUT2D eigenvalue weighted by atomic mass is 16.3. The van der Waals surface area contributed by atoms with Gasteiger partial charge < -0.3 is 5.11 Å². The van der Waals surface area contributed by atoms with Gasteiger partial charge in [-0.25, -0.2) is 0 Å². The summed E-state index contributed by atoms with van der Waals surface area (Å²) in [7, 11) is 0. The van der Waals surface area contributed by atoms with Crippen LogP contribution in [0.3, 0.4) is 0 Å². The molecule has 0 spiro atoms. The van der Waals surface area contributed by atoms with Crippen LogP contribution >= 0.6 is 0 Å². The van der Waals surface area contributed by atoms with Gasteiger partial charge in [0.05, 0.1) is 0 Å². The number of phenols is 1. The Balaban J connectivity index is 2.71. The molecule has 0 unspecified atom stereocenters. The van der Waals surface area contributed by atoms with E-state index >= 15 is 0 Å². The minimum absolute atomic E-state index is 0.442. The van der Waals surface area contributed by atoms with E-state index in [0.717, 1.165) is 17.7 Å². The smallest absolute Gasteiger partial charge is 0.121 e. The van der Waals surface area contributed by atoms with Crippen molar-refractivity contribution in [3.63, 3.8) is 0 Å². The van der Waals surface area contributed by atoms with Crippen LogP contribution in [0.5, 0.6) is 5.75 Å². The van der Waals surface area contributed by atoms with Gasteiger partial charge >= 0.3 is 0 Å². The number of hydrogen-bond acceptors (Lipinski definition) is 2. The van der Waals surface area contributed by atoms with Crippen molar-refractivity contribution in [1.29, 1.82) is 0 Å². The van der Waals surface area contributed by atoms with Gasteiger partial charge in [-0.15, -0.1) is 0 Å². The summed E-state index contributed by atoms with van der Waals surface area (Å²) in [6.45, 7) is 11.8. The molecule has 1 N–H and O–H groups in total. The molecule has 0 aliphatic heterocycles. The quantitative estimate of drug-likeness (QED) is 0.751. The molecule has 0 aliphatic carbocycles. The van der Waals surface area contributed by atoms with E-state index in [0.29, 0.717) is 5.75 Å². The standard InChI is InChI=1S/C17H29NO/c1-5-7-9-18(10-8-6-2)13-16-11-14(3)17(19)15(4)12-16/h11-12,19H,5-10,13H2,1-4H3. The van der Waals surface area contributed by atoms with Crippen molar-refractivity contribution in [3.05, 3.63) is 28.8 Å². The van der Waals surface area contributed by atoms with Gasteiger partial charge in [0.25, 0.3) is 0 Å². The molecule has 1 aromatic rings. The van der Waals surface area contributed by atoms with E-state index in [-0.39, 0.29) is 0 Å². The van der Waals surface area contributed by atoms with Gasteiger partial charge in [0.1, 0.15) is 5.75 Å². The molecule has 1 rings (SSSR count). The molecule has 108 valence electrons. The number of phenolic OH excluding ortho intramolecular Hbond substituents is 1. The Kier molecular flexibility index (Phi) is 6.93. The van der Waals surface area contributed by atoms with Gasteiger partial charge in [-0.2, -0.15) is 0 Å². The maximum Gasteiger partial charge on any atom is 0.121 e. The van der Waals surface area contributed by atoms with E-state index in [4.69, 9.17) is 0 Å². The van der Waals surface area contributed by atoms with Crippen LogP contribution < -0.4 is 0 Å². The maximum atomic E-state index is 9.83. The fourth-order valence-electron chi connectivity index (χ4n) is 2.43. The van der Waals surface area contributed by atoms with E-state index in [1.165, 1.54) is 44.3 Å². The molecule has 0 heterocycles. The van der Waals surface area contributed by atoms with Gasteiger partial charge in [-0.1, -0.05) is 38.8 Å². The van der Waals surface area contributed by atoms with Crippen molar-refractivity contribution >= 4 is 0 Å². The van der Waals surface area contributed by atoms with Crippen molar-refractivity contribution in [2.75, 3.05) is 13.1 Å². The number of benzene rings is 1. The van der Waals surface area contributed by atoms with Crippen LogP contribution in [0.1, 0.15) is 56.2 Å². The summed E-state index contributed by atoms with van der Waals surface area (Å²) in [6.07, 6.45) is 5.02. The summed E-state index contributed by atoms with van der Waals surface area (Å²) in [5, 5.41) is 9.83. The summed E-state index contributed by atoms with van der Waals surface area (Å²) in [6, 6.07) is 4.24. The second kappa shape index (κ2) is 8.21. The Bertz CT molecular complexity index is 356. The van der Waals surface area contributed by atoms with E-state index < -0.39 is 0 Å². The first-order valence-corrected chi connectivity index (χ1v) is 7.59. The molecule has 0 aromatic heterocycles. The number of aromatic hydroxyl groups is 1. The molecule has 0 saturated carbocycles. The van der Waals surface area contributed by atoms with Crippen molar-refractivity contribution in [2.45, 2.75) is 59.9 Å². The van der Waals surface area contributed by atoms with E-state index in [1.807, 2.05) is 13.8 Å². The third kappa shape index (κ3) is 5.23. The van der Waals surface area contributed by atoms with Crippen LogP contribution in [0.4, 0.5) is 0 Å². The normalized spacial score (nSPS) is 11.2. The highest BCUT2D eigenvalue weighted by Gasteiger charge is 2.08. The van der Waals surface area contributed by atoms with Crippen molar-refractivity contribution in [3.8, 4) is 5.75 Å². The lowest BCUT2D eigenvalue weighted by atomic mass is 10.1. The zero-order chi connectivity index (χ0) is 14.3. The zero-order valence-corrected chi connectivity index (χ0v) is 13.0. The summed E-state index contributed by atoms with van der Waals surface area (Å²) in [4.78, 5) is 2.54. The van der Waals surface area contributed by atoms with Crippen LogP contribution in [0.2, 0.25) is 0 Å². The second-order valence-corrected chi connectivity index (χ2v) is 5.56. The molecule has 0 atom stereocenters. The molecule has 0 saturated heterocycles. The monoisotopic (exact) mass is 263 g/mol. The fourth-order valence-corrected chi connectivity index (χ4v) is 2.43. The molecule has 0 amide bonds. The molecule has 2 nitrogen and oxygen atoms in total. The molecular weight excluding hydrogens is 234 g/mol. The lowest BCUT2D eigenvalue weighted by Gasteiger charge is -2.22. The number of nitrogens with zero attached hydrogens (tertiary/aromatic N) is 1. The molecule has 19 heavy (non-hydrogen) atoms. The van der Waals surface area contributed by atoms with Gasteiger partial charge in [-0.05, 0) is 56.5 Å².